The van der Waals surface area contributed by atoms with Gasteiger partial charge >= 0.3 is 0 Å². The summed E-state index contributed by atoms with van der Waals surface area (Å²) >= 11 is 6.10. The summed E-state index contributed by atoms with van der Waals surface area (Å²) < 4.78 is 1.75. The molecule has 0 atom stereocenters. The van der Waals surface area contributed by atoms with E-state index in [0.717, 1.165) is 24.8 Å². The Bertz CT molecular complexity index is 353. The maximum Gasteiger partial charge on any atom is 0.171 e. The molecule has 0 N–H and O–H groups in total. The fourth-order valence-electron chi connectivity index (χ4n) is 2.25. The Labute approximate surface area is 88.1 Å². The molecule has 0 amide bonds. The van der Waals surface area contributed by atoms with Crippen LogP contribution in [0.15, 0.2) is 0 Å². The molecule has 1 saturated carbocycles. The highest BCUT2D eigenvalue weighted by molar-refractivity contribution is 6.33. The van der Waals surface area contributed by atoms with Crippen LogP contribution in [0, 0.1) is 0 Å². The number of aryl methyl sites for hydroxylation is 1. The van der Waals surface area contributed by atoms with E-state index >= 15 is 0 Å². The number of carbonyl (C=O) groups is 1. The van der Waals surface area contributed by atoms with E-state index in [1.807, 2.05) is 7.05 Å². The van der Waals surface area contributed by atoms with E-state index in [1.54, 1.807) is 4.68 Å². The summed E-state index contributed by atoms with van der Waals surface area (Å²) in [4.78, 5) is 10.6. The van der Waals surface area contributed by atoms with E-state index < -0.39 is 0 Å². The van der Waals surface area contributed by atoms with Crippen LogP contribution in [0.5, 0.6) is 0 Å². The number of halogens is 1. The number of hydrogen-bond donors (Lipinski definition) is 0. The molecule has 1 fully saturated rings. The smallest absolute Gasteiger partial charge is 0.171 e. The molecular formula is C10H13ClN2O. The van der Waals surface area contributed by atoms with Gasteiger partial charge in [0.15, 0.2) is 6.29 Å². The molecule has 76 valence electrons. The highest BCUT2D eigenvalue weighted by atomic mass is 35.5. The van der Waals surface area contributed by atoms with Gasteiger partial charge in [-0.05, 0) is 12.8 Å². The van der Waals surface area contributed by atoms with Gasteiger partial charge in [0.2, 0.25) is 0 Å². The quantitative estimate of drug-likeness (QED) is 0.707. The molecule has 0 saturated heterocycles. The van der Waals surface area contributed by atoms with Crippen LogP contribution >= 0.6 is 11.6 Å². The SMILES string of the molecule is Cn1nc(C=O)c(Cl)c1C1CCCC1. The molecule has 1 aromatic rings. The average molecular weight is 213 g/mol. The molecule has 4 heteroatoms. The van der Waals surface area contributed by atoms with Crippen LogP contribution < -0.4 is 0 Å². The third-order valence-corrected chi connectivity index (χ3v) is 3.30. The van der Waals surface area contributed by atoms with Crippen LogP contribution in [0.4, 0.5) is 0 Å². The second-order valence-electron chi connectivity index (χ2n) is 3.81. The van der Waals surface area contributed by atoms with Crippen molar-refractivity contribution in [1.82, 2.24) is 9.78 Å². The van der Waals surface area contributed by atoms with Crippen molar-refractivity contribution in [2.45, 2.75) is 31.6 Å². The lowest BCUT2D eigenvalue weighted by molar-refractivity contribution is 0.111. The molecular weight excluding hydrogens is 200 g/mol. The fraction of sp³-hybridized carbons (Fsp3) is 0.600. The van der Waals surface area contributed by atoms with Crippen LogP contribution in [0.1, 0.15) is 47.8 Å². The van der Waals surface area contributed by atoms with E-state index in [0.29, 0.717) is 16.6 Å². The van der Waals surface area contributed by atoms with Crippen molar-refractivity contribution < 1.29 is 4.79 Å². The van der Waals surface area contributed by atoms with E-state index in [1.165, 1.54) is 12.8 Å². The minimum atomic E-state index is 0.371. The second-order valence-corrected chi connectivity index (χ2v) is 4.19. The Morgan fingerprint density at radius 1 is 1.50 bits per heavy atom. The summed E-state index contributed by atoms with van der Waals surface area (Å²) in [7, 11) is 1.85. The molecule has 1 aliphatic rings. The van der Waals surface area contributed by atoms with Gasteiger partial charge < -0.3 is 0 Å². The highest BCUT2D eigenvalue weighted by Crippen LogP contribution is 2.38. The first kappa shape index (κ1) is 9.71. The van der Waals surface area contributed by atoms with Crippen LogP contribution in [-0.2, 0) is 7.05 Å². The number of nitrogens with zero attached hydrogens (tertiary/aromatic N) is 2. The lowest BCUT2D eigenvalue weighted by Crippen LogP contribution is -2.02. The molecule has 3 nitrogen and oxygen atoms in total. The lowest BCUT2D eigenvalue weighted by Gasteiger charge is -2.09. The van der Waals surface area contributed by atoms with Gasteiger partial charge in [-0.15, -0.1) is 0 Å². The molecule has 0 aliphatic heterocycles. The fourth-order valence-corrected chi connectivity index (χ4v) is 2.61. The maximum atomic E-state index is 10.6. The summed E-state index contributed by atoms with van der Waals surface area (Å²) in [6.07, 6.45) is 5.56. The third kappa shape index (κ3) is 1.46. The standard InChI is InChI=1S/C10H13ClN2O/c1-13-10(7-4-2-3-5-7)9(11)8(6-14)12-13/h6-7H,2-5H2,1H3. The minimum Gasteiger partial charge on any atom is -0.296 e. The Balaban J connectivity index is 2.40. The molecule has 1 aromatic heterocycles. The molecule has 0 bridgehead atoms. The molecule has 2 rings (SSSR count). The van der Waals surface area contributed by atoms with Gasteiger partial charge in [0.05, 0.1) is 10.7 Å². The minimum absolute atomic E-state index is 0.371. The van der Waals surface area contributed by atoms with Crippen molar-refractivity contribution in [1.29, 1.82) is 0 Å². The zero-order valence-corrected chi connectivity index (χ0v) is 8.92. The average Bonchev–Trinajstić information content (AvgIpc) is 2.74. The van der Waals surface area contributed by atoms with Crippen LogP contribution in [0.25, 0.3) is 0 Å². The maximum absolute atomic E-state index is 10.6. The second kappa shape index (κ2) is 3.73. The summed E-state index contributed by atoms with van der Waals surface area (Å²) in [5.41, 5.74) is 1.40. The van der Waals surface area contributed by atoms with E-state index in [4.69, 9.17) is 11.6 Å². The van der Waals surface area contributed by atoms with Crippen molar-refractivity contribution in [3.8, 4) is 0 Å². The Morgan fingerprint density at radius 2 is 2.14 bits per heavy atom. The van der Waals surface area contributed by atoms with Crippen LogP contribution in [0.3, 0.4) is 0 Å². The van der Waals surface area contributed by atoms with Crippen molar-refractivity contribution in [2.24, 2.45) is 7.05 Å². The number of aldehydes is 1. The normalized spacial score (nSPS) is 17.6. The lowest BCUT2D eigenvalue weighted by atomic mass is 10.0. The number of aromatic nitrogens is 2. The topological polar surface area (TPSA) is 34.9 Å². The Morgan fingerprint density at radius 3 is 2.64 bits per heavy atom. The van der Waals surface area contributed by atoms with Gasteiger partial charge in [-0.2, -0.15) is 5.10 Å². The van der Waals surface area contributed by atoms with Crippen molar-refractivity contribution in [2.75, 3.05) is 0 Å². The van der Waals surface area contributed by atoms with E-state index in [2.05, 4.69) is 5.10 Å². The largest absolute Gasteiger partial charge is 0.296 e. The Kier molecular flexibility index (Phi) is 2.59. The summed E-state index contributed by atoms with van der Waals surface area (Å²) in [6.45, 7) is 0. The predicted octanol–water partition coefficient (Wildman–Crippen LogP) is 2.54. The number of carbonyl (C=O) groups excluding carboxylic acids is 1. The van der Waals surface area contributed by atoms with Gasteiger partial charge in [0.1, 0.15) is 5.69 Å². The van der Waals surface area contributed by atoms with Gasteiger partial charge in [-0.1, -0.05) is 24.4 Å². The zero-order valence-electron chi connectivity index (χ0n) is 8.16. The first-order valence-corrected chi connectivity index (χ1v) is 5.29. The molecule has 0 spiro atoms. The van der Waals surface area contributed by atoms with Crippen molar-refractivity contribution in [3.05, 3.63) is 16.4 Å². The van der Waals surface area contributed by atoms with Crippen molar-refractivity contribution >= 4 is 17.9 Å². The number of hydrogen-bond acceptors (Lipinski definition) is 2. The van der Waals surface area contributed by atoms with Gasteiger partial charge in [-0.3, -0.25) is 9.48 Å². The third-order valence-electron chi connectivity index (χ3n) is 2.91. The Hall–Kier alpha value is -0.830. The summed E-state index contributed by atoms with van der Waals surface area (Å²) in [6, 6.07) is 0. The molecule has 1 heterocycles. The molecule has 0 radical (unpaired) electrons. The molecule has 14 heavy (non-hydrogen) atoms. The zero-order chi connectivity index (χ0) is 10.1. The van der Waals surface area contributed by atoms with Crippen molar-refractivity contribution in [3.63, 3.8) is 0 Å². The molecule has 1 aliphatic carbocycles. The summed E-state index contributed by atoms with van der Waals surface area (Å²) in [5, 5.41) is 4.64. The number of rotatable bonds is 2. The monoisotopic (exact) mass is 212 g/mol. The van der Waals surface area contributed by atoms with Gasteiger partial charge in [-0.25, -0.2) is 0 Å². The van der Waals surface area contributed by atoms with E-state index in [9.17, 15) is 4.79 Å². The van der Waals surface area contributed by atoms with Crippen LogP contribution in [0.2, 0.25) is 5.02 Å². The molecule has 0 aromatic carbocycles. The van der Waals surface area contributed by atoms with E-state index in [-0.39, 0.29) is 0 Å². The predicted molar refractivity (Wildman–Crippen MR) is 54.8 cm³/mol. The van der Waals surface area contributed by atoms with Gasteiger partial charge in [0.25, 0.3) is 0 Å². The molecule has 0 unspecified atom stereocenters. The highest BCUT2D eigenvalue weighted by Gasteiger charge is 2.25. The first-order chi connectivity index (χ1) is 6.74. The summed E-state index contributed by atoms with van der Waals surface area (Å²) in [5.74, 6) is 0.494. The first-order valence-electron chi connectivity index (χ1n) is 4.91. The van der Waals surface area contributed by atoms with Gasteiger partial charge in [0, 0.05) is 13.0 Å². The van der Waals surface area contributed by atoms with Crippen LogP contribution in [-0.4, -0.2) is 16.1 Å².